The maximum atomic E-state index is 13.7. The Hall–Kier alpha value is -2.22. The molecule has 0 saturated heterocycles. The smallest absolute Gasteiger partial charge is 0.267 e. The van der Waals surface area contributed by atoms with Crippen LogP contribution in [0.4, 0.5) is 0 Å². The Balaban J connectivity index is 1.60. The van der Waals surface area contributed by atoms with Gasteiger partial charge in [-0.1, -0.05) is 58.0 Å². The topological polar surface area (TPSA) is 52.0 Å². The van der Waals surface area contributed by atoms with Crippen molar-refractivity contribution in [3.05, 3.63) is 84.9 Å². The highest BCUT2D eigenvalue weighted by atomic mass is 79.9. The Kier molecular flexibility index (Phi) is 5.58. The van der Waals surface area contributed by atoms with Crippen molar-refractivity contribution in [1.29, 1.82) is 0 Å². The zero-order valence-electron chi connectivity index (χ0n) is 16.9. The molecule has 1 aliphatic carbocycles. The maximum absolute atomic E-state index is 13.7. The predicted octanol–water partition coefficient (Wildman–Crippen LogP) is 5.98. The van der Waals surface area contributed by atoms with Gasteiger partial charge in [0.2, 0.25) is 0 Å². The number of hydrogen-bond acceptors (Lipinski definition) is 5. The van der Waals surface area contributed by atoms with E-state index in [1.54, 1.807) is 15.9 Å². The number of thioether (sulfide) groups is 1. The molecule has 2 aromatic carbocycles. The summed E-state index contributed by atoms with van der Waals surface area (Å²) in [6, 6.07) is 15.2. The number of rotatable bonds is 5. The zero-order chi connectivity index (χ0) is 21.5. The van der Waals surface area contributed by atoms with Crippen LogP contribution in [0.1, 0.15) is 32.8 Å². The van der Waals surface area contributed by atoms with Crippen LogP contribution in [-0.2, 0) is 12.8 Å². The molecule has 0 spiro atoms. The molecular formula is C24H19BrN2O2S2. The van der Waals surface area contributed by atoms with Crippen LogP contribution < -0.4 is 5.56 Å². The summed E-state index contributed by atoms with van der Waals surface area (Å²) in [4.78, 5) is 33.4. The minimum Gasteiger partial charge on any atom is -0.293 e. The molecule has 4 nitrogen and oxygen atoms in total. The van der Waals surface area contributed by atoms with Crippen LogP contribution in [-0.4, -0.2) is 21.1 Å². The van der Waals surface area contributed by atoms with Gasteiger partial charge in [-0.25, -0.2) is 4.98 Å². The Morgan fingerprint density at radius 1 is 1.16 bits per heavy atom. The summed E-state index contributed by atoms with van der Waals surface area (Å²) < 4.78 is 2.63. The summed E-state index contributed by atoms with van der Waals surface area (Å²) in [6.07, 6.45) is 3.05. The number of halogens is 1. The molecule has 0 fully saturated rings. The monoisotopic (exact) mass is 510 g/mol. The van der Waals surface area contributed by atoms with E-state index in [2.05, 4.69) is 15.9 Å². The SMILES string of the molecule is Cc1ccccc1-n1c(SCC(=O)c2ccc(Br)cc2)nc2sc3c(c2c1=O)CCC3. The van der Waals surface area contributed by atoms with Crippen LogP contribution in [0.3, 0.4) is 0 Å². The second-order valence-electron chi connectivity index (χ2n) is 7.58. The van der Waals surface area contributed by atoms with Gasteiger partial charge in [-0.2, -0.15) is 0 Å². The standard InChI is InChI=1S/C24H19BrN2O2S2/c1-14-5-2-3-7-18(14)27-23(29)21-17-6-4-8-20(17)31-22(21)26-24(27)30-13-19(28)15-9-11-16(25)12-10-15/h2-3,5,7,9-12H,4,6,8,13H2,1H3. The molecule has 31 heavy (non-hydrogen) atoms. The van der Waals surface area contributed by atoms with Crippen molar-refractivity contribution in [2.75, 3.05) is 5.75 Å². The van der Waals surface area contributed by atoms with Gasteiger partial charge in [0, 0.05) is 14.9 Å². The average molecular weight is 511 g/mol. The van der Waals surface area contributed by atoms with Gasteiger partial charge in [0.15, 0.2) is 10.9 Å². The van der Waals surface area contributed by atoms with E-state index >= 15 is 0 Å². The van der Waals surface area contributed by atoms with Gasteiger partial charge in [0.05, 0.1) is 16.8 Å². The molecule has 7 heteroatoms. The van der Waals surface area contributed by atoms with Crippen molar-refractivity contribution in [3.8, 4) is 5.69 Å². The second kappa shape index (κ2) is 8.37. The molecule has 0 unspecified atom stereocenters. The Bertz CT molecular complexity index is 1370. The zero-order valence-corrected chi connectivity index (χ0v) is 20.1. The van der Waals surface area contributed by atoms with Gasteiger partial charge >= 0.3 is 0 Å². The second-order valence-corrected chi connectivity index (χ2v) is 10.5. The summed E-state index contributed by atoms with van der Waals surface area (Å²) in [5.74, 6) is 0.230. The molecule has 0 aliphatic heterocycles. The third-order valence-electron chi connectivity index (χ3n) is 5.56. The molecule has 1 aliphatic rings. The number of nitrogens with zero attached hydrogens (tertiary/aromatic N) is 2. The van der Waals surface area contributed by atoms with Crippen LogP contribution in [0, 0.1) is 6.92 Å². The summed E-state index contributed by atoms with van der Waals surface area (Å²) in [5.41, 5.74) is 3.61. The van der Waals surface area contributed by atoms with E-state index in [9.17, 15) is 9.59 Å². The van der Waals surface area contributed by atoms with E-state index in [4.69, 9.17) is 4.98 Å². The third kappa shape index (κ3) is 3.79. The summed E-state index contributed by atoms with van der Waals surface area (Å²) in [5, 5.41) is 1.32. The number of Topliss-reactive ketones (excluding diaryl/α,β-unsaturated/α-hetero) is 1. The first-order valence-electron chi connectivity index (χ1n) is 10.1. The highest BCUT2D eigenvalue weighted by Gasteiger charge is 2.24. The largest absolute Gasteiger partial charge is 0.293 e. The molecule has 4 aromatic rings. The molecule has 0 amide bonds. The summed E-state index contributed by atoms with van der Waals surface area (Å²) in [7, 11) is 0. The molecule has 0 atom stereocenters. The lowest BCUT2D eigenvalue weighted by Gasteiger charge is -2.14. The van der Waals surface area contributed by atoms with Gasteiger partial charge in [-0.15, -0.1) is 11.3 Å². The number of carbonyl (C=O) groups is 1. The third-order valence-corrected chi connectivity index (χ3v) is 8.22. The molecule has 0 radical (unpaired) electrons. The Morgan fingerprint density at radius 2 is 1.94 bits per heavy atom. The van der Waals surface area contributed by atoms with Crippen molar-refractivity contribution >= 4 is 55.0 Å². The van der Waals surface area contributed by atoms with E-state index in [0.717, 1.165) is 45.2 Å². The normalized spacial score (nSPS) is 13.0. The number of hydrogen-bond donors (Lipinski definition) is 0. The number of thiophene rings is 1. The minimum absolute atomic E-state index is 0.0110. The molecule has 5 rings (SSSR count). The van der Waals surface area contributed by atoms with Crippen molar-refractivity contribution in [1.82, 2.24) is 9.55 Å². The number of ketones is 1. The fraction of sp³-hybridized carbons (Fsp3) is 0.208. The summed E-state index contributed by atoms with van der Waals surface area (Å²) in [6.45, 7) is 1.99. The first kappa shape index (κ1) is 20.7. The fourth-order valence-electron chi connectivity index (χ4n) is 4.00. The van der Waals surface area contributed by atoms with Crippen molar-refractivity contribution in [2.24, 2.45) is 0 Å². The first-order chi connectivity index (χ1) is 15.0. The summed E-state index contributed by atoms with van der Waals surface area (Å²) >= 11 is 6.35. The molecular weight excluding hydrogens is 492 g/mol. The van der Waals surface area contributed by atoms with Crippen molar-refractivity contribution in [2.45, 2.75) is 31.3 Å². The van der Waals surface area contributed by atoms with E-state index < -0.39 is 0 Å². The van der Waals surface area contributed by atoms with Crippen LogP contribution in [0.5, 0.6) is 0 Å². The number of fused-ring (bicyclic) bond motifs is 3. The van der Waals surface area contributed by atoms with Gasteiger partial charge in [0.1, 0.15) is 4.83 Å². The van der Waals surface area contributed by atoms with Crippen molar-refractivity contribution < 1.29 is 4.79 Å². The highest BCUT2D eigenvalue weighted by Crippen LogP contribution is 2.36. The van der Waals surface area contributed by atoms with Gasteiger partial charge in [-0.05, 0) is 55.5 Å². The van der Waals surface area contributed by atoms with Crippen LogP contribution in [0.15, 0.2) is 63.0 Å². The van der Waals surface area contributed by atoms with E-state index in [1.165, 1.54) is 22.2 Å². The number of aromatic nitrogens is 2. The first-order valence-corrected chi connectivity index (χ1v) is 12.7. The van der Waals surface area contributed by atoms with E-state index in [1.807, 2.05) is 55.5 Å². The van der Waals surface area contributed by atoms with E-state index in [0.29, 0.717) is 10.7 Å². The van der Waals surface area contributed by atoms with Crippen molar-refractivity contribution in [3.63, 3.8) is 0 Å². The Labute approximate surface area is 196 Å². The van der Waals surface area contributed by atoms with Crippen LogP contribution in [0.2, 0.25) is 0 Å². The molecule has 156 valence electrons. The number of carbonyl (C=O) groups excluding carboxylic acids is 1. The van der Waals surface area contributed by atoms with Gasteiger partial charge in [-0.3, -0.25) is 14.2 Å². The lowest BCUT2D eigenvalue weighted by molar-refractivity contribution is 0.102. The number of aryl methyl sites for hydroxylation is 3. The van der Waals surface area contributed by atoms with Crippen LogP contribution in [0.25, 0.3) is 15.9 Å². The number of para-hydroxylation sites is 1. The van der Waals surface area contributed by atoms with E-state index in [-0.39, 0.29) is 17.1 Å². The maximum Gasteiger partial charge on any atom is 0.267 e. The quantitative estimate of drug-likeness (QED) is 0.188. The molecule has 0 N–H and O–H groups in total. The molecule has 0 bridgehead atoms. The van der Waals surface area contributed by atoms with Crippen LogP contribution >= 0.6 is 39.0 Å². The lowest BCUT2D eigenvalue weighted by atomic mass is 10.1. The minimum atomic E-state index is -0.0303. The fourth-order valence-corrected chi connectivity index (χ4v) is 6.46. The average Bonchev–Trinajstić information content (AvgIpc) is 3.34. The molecule has 0 saturated carbocycles. The predicted molar refractivity (Wildman–Crippen MR) is 131 cm³/mol. The van der Waals surface area contributed by atoms with Gasteiger partial charge in [0.25, 0.3) is 5.56 Å². The van der Waals surface area contributed by atoms with Gasteiger partial charge < -0.3 is 0 Å². The Morgan fingerprint density at radius 3 is 2.71 bits per heavy atom. The lowest BCUT2D eigenvalue weighted by Crippen LogP contribution is -2.23. The molecule has 2 aromatic heterocycles. The number of benzene rings is 2. The molecule has 2 heterocycles. The highest BCUT2D eigenvalue weighted by molar-refractivity contribution is 9.10.